The van der Waals surface area contributed by atoms with Crippen LogP contribution in [0.1, 0.15) is 12.5 Å². The monoisotopic (exact) mass is 294 g/mol. The van der Waals surface area contributed by atoms with Crippen molar-refractivity contribution in [3.05, 3.63) is 27.6 Å². The van der Waals surface area contributed by atoms with Crippen LogP contribution in [0.2, 0.25) is 0 Å². The van der Waals surface area contributed by atoms with Crippen LogP contribution in [-0.4, -0.2) is 16.9 Å². The fourth-order valence-corrected chi connectivity index (χ4v) is 1.69. The Bertz CT molecular complexity index is 614. The fourth-order valence-electron chi connectivity index (χ4n) is 1.69. The first-order valence-electron chi connectivity index (χ1n) is 5.18. The van der Waals surface area contributed by atoms with Crippen LogP contribution in [0.15, 0.2) is 6.07 Å². The number of anilines is 1. The Kier molecular flexibility index (Phi) is 3.03. The van der Waals surface area contributed by atoms with E-state index in [1.165, 1.54) is 6.92 Å². The van der Waals surface area contributed by atoms with Crippen molar-refractivity contribution >= 4 is 17.3 Å². The molecule has 1 aliphatic heterocycles. The standard InChI is InChI=1S/C10H6F4N2O4/c1-3-9(17)15-5-2-4(10(12,13)14)7(16(18)19)6(11)8(5)20-3/h2-3H,1H3,(H,15,17)/t3-/m1/s1. The molecule has 20 heavy (non-hydrogen) atoms. The molecule has 0 radical (unpaired) electrons. The molecule has 0 spiro atoms. The Morgan fingerprint density at radius 2 is 2.05 bits per heavy atom. The summed E-state index contributed by atoms with van der Waals surface area (Å²) in [6.45, 7) is 1.22. The van der Waals surface area contributed by atoms with Crippen LogP contribution in [0.4, 0.5) is 28.9 Å². The van der Waals surface area contributed by atoms with Gasteiger partial charge in [-0.3, -0.25) is 14.9 Å². The Morgan fingerprint density at radius 3 is 2.55 bits per heavy atom. The lowest BCUT2D eigenvalue weighted by Crippen LogP contribution is -2.35. The van der Waals surface area contributed by atoms with E-state index >= 15 is 0 Å². The molecule has 1 aromatic carbocycles. The molecule has 6 nitrogen and oxygen atoms in total. The van der Waals surface area contributed by atoms with Gasteiger partial charge in [-0.2, -0.15) is 17.6 Å². The average Bonchev–Trinajstić information content (AvgIpc) is 2.29. The van der Waals surface area contributed by atoms with Crippen LogP contribution in [0.5, 0.6) is 5.75 Å². The van der Waals surface area contributed by atoms with E-state index in [-0.39, 0.29) is 6.07 Å². The molecular weight excluding hydrogens is 288 g/mol. The lowest BCUT2D eigenvalue weighted by atomic mass is 10.1. The number of carbonyl (C=O) groups excluding carboxylic acids is 1. The van der Waals surface area contributed by atoms with Gasteiger partial charge in [0.05, 0.1) is 10.6 Å². The SMILES string of the molecule is C[C@H]1Oc2c(cc(C(F)(F)F)c([N+](=O)[O-])c2F)NC1=O. The van der Waals surface area contributed by atoms with Crippen molar-refractivity contribution in [1.82, 2.24) is 0 Å². The maximum Gasteiger partial charge on any atom is 0.423 e. The van der Waals surface area contributed by atoms with Gasteiger partial charge >= 0.3 is 11.9 Å². The molecule has 1 atom stereocenters. The van der Waals surface area contributed by atoms with Gasteiger partial charge in [-0.1, -0.05) is 0 Å². The maximum absolute atomic E-state index is 13.9. The molecule has 0 saturated heterocycles. The summed E-state index contributed by atoms with van der Waals surface area (Å²) in [7, 11) is 0. The molecule has 1 amide bonds. The summed E-state index contributed by atoms with van der Waals surface area (Å²) in [6.07, 6.45) is -6.32. The van der Waals surface area contributed by atoms with E-state index in [0.717, 1.165) is 0 Å². The fraction of sp³-hybridized carbons (Fsp3) is 0.300. The highest BCUT2D eigenvalue weighted by atomic mass is 19.4. The lowest BCUT2D eigenvalue weighted by Gasteiger charge is -2.24. The number of halogens is 4. The summed E-state index contributed by atoms with van der Waals surface area (Å²) in [5.41, 5.74) is -4.12. The number of nitrogens with one attached hydrogen (secondary N) is 1. The molecule has 1 aliphatic rings. The zero-order valence-electron chi connectivity index (χ0n) is 9.75. The number of alkyl halides is 3. The zero-order valence-corrected chi connectivity index (χ0v) is 9.75. The summed E-state index contributed by atoms with van der Waals surface area (Å²) >= 11 is 0. The highest BCUT2D eigenvalue weighted by molar-refractivity contribution is 5.98. The summed E-state index contributed by atoms with van der Waals surface area (Å²) in [6, 6.07) is 0.278. The smallest absolute Gasteiger partial charge is 0.423 e. The Morgan fingerprint density at radius 1 is 1.45 bits per heavy atom. The third kappa shape index (κ3) is 2.12. The van der Waals surface area contributed by atoms with E-state index in [2.05, 4.69) is 0 Å². The van der Waals surface area contributed by atoms with Crippen molar-refractivity contribution in [2.24, 2.45) is 0 Å². The largest absolute Gasteiger partial charge is 0.475 e. The summed E-state index contributed by atoms with van der Waals surface area (Å²) in [5, 5.41) is 12.6. The van der Waals surface area contributed by atoms with Gasteiger partial charge in [0, 0.05) is 0 Å². The molecular formula is C10H6F4N2O4. The minimum Gasteiger partial charge on any atom is -0.475 e. The van der Waals surface area contributed by atoms with Crippen molar-refractivity contribution < 1.29 is 32.0 Å². The number of nitro groups is 1. The first-order valence-corrected chi connectivity index (χ1v) is 5.18. The minimum absolute atomic E-state index is 0.278. The van der Waals surface area contributed by atoms with Gasteiger partial charge in [-0.05, 0) is 13.0 Å². The Labute approximate surface area is 108 Å². The number of hydrogen-bond acceptors (Lipinski definition) is 4. The summed E-state index contributed by atoms with van der Waals surface area (Å²) in [4.78, 5) is 20.4. The predicted octanol–water partition coefficient (Wildman–Crippen LogP) is 2.47. The number of benzene rings is 1. The van der Waals surface area contributed by atoms with Crippen LogP contribution >= 0.6 is 0 Å². The lowest BCUT2D eigenvalue weighted by molar-refractivity contribution is -0.390. The van der Waals surface area contributed by atoms with Gasteiger partial charge in [0.15, 0.2) is 11.9 Å². The van der Waals surface area contributed by atoms with Crippen LogP contribution in [-0.2, 0) is 11.0 Å². The second kappa shape index (κ2) is 4.32. The third-order valence-corrected chi connectivity index (χ3v) is 2.61. The molecule has 1 heterocycles. The van der Waals surface area contributed by atoms with Crippen molar-refractivity contribution in [3.8, 4) is 5.75 Å². The van der Waals surface area contributed by atoms with Crippen molar-refractivity contribution in [2.75, 3.05) is 5.32 Å². The number of nitro benzene ring substituents is 1. The van der Waals surface area contributed by atoms with Gasteiger partial charge in [-0.15, -0.1) is 0 Å². The number of nitrogens with zero attached hydrogens (tertiary/aromatic N) is 1. The predicted molar refractivity (Wildman–Crippen MR) is 56.8 cm³/mol. The van der Waals surface area contributed by atoms with Gasteiger partial charge < -0.3 is 10.1 Å². The van der Waals surface area contributed by atoms with Gasteiger partial charge in [0.25, 0.3) is 5.91 Å². The molecule has 0 bridgehead atoms. The second-order valence-corrected chi connectivity index (χ2v) is 3.97. The van der Waals surface area contributed by atoms with Crippen LogP contribution in [0.3, 0.4) is 0 Å². The van der Waals surface area contributed by atoms with Gasteiger partial charge in [0.2, 0.25) is 5.82 Å². The number of carbonyl (C=O) groups is 1. The first kappa shape index (κ1) is 14.0. The molecule has 0 aromatic heterocycles. The summed E-state index contributed by atoms with van der Waals surface area (Å²) < 4.78 is 56.8. The second-order valence-electron chi connectivity index (χ2n) is 3.97. The van der Waals surface area contributed by atoms with Gasteiger partial charge in [0.1, 0.15) is 5.56 Å². The number of amides is 1. The maximum atomic E-state index is 13.9. The van der Waals surface area contributed by atoms with E-state index in [1.807, 2.05) is 5.32 Å². The Hall–Kier alpha value is -2.39. The van der Waals surface area contributed by atoms with E-state index in [0.29, 0.717) is 0 Å². The first-order chi connectivity index (χ1) is 9.12. The molecule has 1 N–H and O–H groups in total. The number of ether oxygens (including phenoxy) is 1. The van der Waals surface area contributed by atoms with Crippen molar-refractivity contribution in [2.45, 2.75) is 19.2 Å². The van der Waals surface area contributed by atoms with Crippen molar-refractivity contribution in [3.63, 3.8) is 0 Å². The van der Waals surface area contributed by atoms with E-state index in [9.17, 15) is 32.5 Å². The molecule has 108 valence electrons. The minimum atomic E-state index is -5.15. The third-order valence-electron chi connectivity index (χ3n) is 2.61. The molecule has 0 aliphatic carbocycles. The highest BCUT2D eigenvalue weighted by Gasteiger charge is 2.44. The zero-order chi connectivity index (χ0) is 15.2. The molecule has 1 aromatic rings. The molecule has 0 unspecified atom stereocenters. The molecule has 10 heteroatoms. The average molecular weight is 294 g/mol. The number of fused-ring (bicyclic) bond motifs is 1. The van der Waals surface area contributed by atoms with Gasteiger partial charge in [-0.25, -0.2) is 0 Å². The Balaban J connectivity index is 2.74. The summed E-state index contributed by atoms with van der Waals surface area (Å²) in [5.74, 6) is -3.33. The van der Waals surface area contributed by atoms with Crippen LogP contribution in [0, 0.1) is 15.9 Å². The van der Waals surface area contributed by atoms with Crippen molar-refractivity contribution in [1.29, 1.82) is 0 Å². The van der Waals surface area contributed by atoms with Crippen LogP contribution in [0.25, 0.3) is 0 Å². The quantitative estimate of drug-likeness (QED) is 0.490. The normalized spacial score (nSPS) is 18.1. The molecule has 2 rings (SSSR count). The number of hydrogen-bond donors (Lipinski definition) is 1. The van der Waals surface area contributed by atoms with E-state index in [1.54, 1.807) is 0 Å². The highest BCUT2D eigenvalue weighted by Crippen LogP contribution is 2.45. The number of rotatable bonds is 1. The molecule has 0 fully saturated rings. The van der Waals surface area contributed by atoms with E-state index in [4.69, 9.17) is 4.74 Å². The molecule has 0 saturated carbocycles. The van der Waals surface area contributed by atoms with Crippen LogP contribution < -0.4 is 10.1 Å². The topological polar surface area (TPSA) is 81.5 Å². The van der Waals surface area contributed by atoms with E-state index < -0.39 is 51.6 Å².